The quantitative estimate of drug-likeness (QED) is 0.716. The van der Waals surface area contributed by atoms with Crippen molar-refractivity contribution >= 4 is 31.9 Å². The van der Waals surface area contributed by atoms with E-state index in [0.29, 0.717) is 16.6 Å². The molecule has 0 radical (unpaired) electrons. The van der Waals surface area contributed by atoms with E-state index in [1.165, 1.54) is 6.07 Å². The Morgan fingerprint density at radius 1 is 1.29 bits per heavy atom. The second kappa shape index (κ2) is 7.91. The zero-order valence-corrected chi connectivity index (χ0v) is 14.7. The third-order valence-electron chi connectivity index (χ3n) is 3.18. The van der Waals surface area contributed by atoms with Crippen molar-refractivity contribution in [1.82, 2.24) is 5.32 Å². The molecule has 0 unspecified atom stereocenters. The van der Waals surface area contributed by atoms with Crippen LogP contribution in [0.4, 0.5) is 0 Å². The molecular weight excluding hydrogens is 356 g/mol. The van der Waals surface area contributed by atoms with Crippen molar-refractivity contribution in [3.63, 3.8) is 0 Å². The largest absolute Gasteiger partial charge is 0.352 e. The lowest BCUT2D eigenvalue weighted by Crippen LogP contribution is -2.25. The number of rotatable bonds is 7. The number of nitrogens with one attached hydrogen (secondary N) is 1. The van der Waals surface area contributed by atoms with Crippen LogP contribution in [0, 0.1) is 6.92 Å². The van der Waals surface area contributed by atoms with E-state index in [2.05, 4.69) is 28.2 Å². The molecule has 0 saturated heterocycles. The third kappa shape index (κ3) is 5.41. The summed E-state index contributed by atoms with van der Waals surface area (Å²) < 4.78 is 23.6. The first kappa shape index (κ1) is 18.1. The van der Waals surface area contributed by atoms with Crippen molar-refractivity contribution in [3.05, 3.63) is 27.7 Å². The van der Waals surface area contributed by atoms with Crippen molar-refractivity contribution in [2.24, 2.45) is 5.14 Å². The molecule has 0 aliphatic rings. The van der Waals surface area contributed by atoms with Crippen molar-refractivity contribution in [3.8, 4) is 0 Å². The summed E-state index contributed by atoms with van der Waals surface area (Å²) >= 11 is 3.26. The third-order valence-corrected chi connectivity index (χ3v) is 5.04. The molecule has 7 heteroatoms. The van der Waals surface area contributed by atoms with Gasteiger partial charge in [0.1, 0.15) is 0 Å². The predicted molar refractivity (Wildman–Crippen MR) is 86.7 cm³/mol. The number of hydrogen-bond donors (Lipinski definition) is 2. The van der Waals surface area contributed by atoms with E-state index >= 15 is 0 Å². The predicted octanol–water partition coefficient (Wildman–Crippen LogP) is 2.72. The van der Waals surface area contributed by atoms with Gasteiger partial charge < -0.3 is 5.32 Å². The van der Waals surface area contributed by atoms with Gasteiger partial charge in [0.25, 0.3) is 5.91 Å². The lowest BCUT2D eigenvalue weighted by Gasteiger charge is -2.10. The van der Waals surface area contributed by atoms with Crippen LogP contribution in [-0.4, -0.2) is 20.9 Å². The van der Waals surface area contributed by atoms with Gasteiger partial charge in [-0.05, 0) is 31.0 Å². The molecule has 0 aliphatic carbocycles. The van der Waals surface area contributed by atoms with Crippen LogP contribution in [0.3, 0.4) is 0 Å². The number of benzene rings is 1. The Labute approximate surface area is 134 Å². The summed E-state index contributed by atoms with van der Waals surface area (Å²) in [4.78, 5) is 12.0. The first-order valence-electron chi connectivity index (χ1n) is 6.88. The molecule has 1 rings (SSSR count). The molecule has 0 fully saturated rings. The number of carbonyl (C=O) groups excluding carboxylic acids is 1. The summed E-state index contributed by atoms with van der Waals surface area (Å²) in [6.07, 6.45) is 4.25. The van der Waals surface area contributed by atoms with Crippen LogP contribution in [0.25, 0.3) is 0 Å². The number of sulfonamides is 1. The van der Waals surface area contributed by atoms with Gasteiger partial charge in [-0.2, -0.15) is 0 Å². The fourth-order valence-corrected chi connectivity index (χ4v) is 3.36. The van der Waals surface area contributed by atoms with Crippen molar-refractivity contribution in [2.75, 3.05) is 6.54 Å². The Morgan fingerprint density at radius 3 is 2.52 bits per heavy atom. The Kier molecular flexibility index (Phi) is 6.83. The first-order chi connectivity index (χ1) is 9.77. The molecule has 3 N–H and O–H groups in total. The lowest BCUT2D eigenvalue weighted by molar-refractivity contribution is 0.0952. The van der Waals surface area contributed by atoms with Crippen LogP contribution in [0.15, 0.2) is 21.5 Å². The van der Waals surface area contributed by atoms with E-state index in [-0.39, 0.29) is 16.4 Å². The van der Waals surface area contributed by atoms with Crippen LogP contribution in [0.5, 0.6) is 0 Å². The smallest absolute Gasteiger partial charge is 0.251 e. The van der Waals surface area contributed by atoms with Gasteiger partial charge in [0.2, 0.25) is 10.0 Å². The van der Waals surface area contributed by atoms with Gasteiger partial charge in [-0.15, -0.1) is 0 Å². The molecule has 0 spiro atoms. The summed E-state index contributed by atoms with van der Waals surface area (Å²) in [5, 5.41) is 7.96. The van der Waals surface area contributed by atoms with E-state index in [1.807, 2.05) is 0 Å². The van der Waals surface area contributed by atoms with E-state index in [1.54, 1.807) is 13.0 Å². The summed E-state index contributed by atoms with van der Waals surface area (Å²) in [5.74, 6) is -0.294. The van der Waals surface area contributed by atoms with E-state index in [0.717, 1.165) is 25.7 Å². The van der Waals surface area contributed by atoms with Crippen molar-refractivity contribution < 1.29 is 13.2 Å². The fraction of sp³-hybridized carbons (Fsp3) is 0.500. The summed E-state index contributed by atoms with van der Waals surface area (Å²) in [7, 11) is -3.85. The number of carbonyl (C=O) groups is 1. The summed E-state index contributed by atoms with van der Waals surface area (Å²) in [6, 6.07) is 2.92. The zero-order chi connectivity index (χ0) is 16.0. The number of amides is 1. The molecule has 5 nitrogen and oxygen atoms in total. The van der Waals surface area contributed by atoms with Gasteiger partial charge in [0.05, 0.1) is 4.90 Å². The molecule has 0 atom stereocenters. The Bertz CT molecular complexity index is 615. The molecular formula is C14H21BrN2O3S. The average Bonchev–Trinajstić information content (AvgIpc) is 2.39. The highest BCUT2D eigenvalue weighted by Gasteiger charge is 2.17. The normalized spacial score (nSPS) is 11.4. The molecule has 0 aliphatic heterocycles. The minimum atomic E-state index is -3.85. The minimum Gasteiger partial charge on any atom is -0.352 e. The maximum absolute atomic E-state index is 12.1. The fourth-order valence-electron chi connectivity index (χ4n) is 1.94. The van der Waals surface area contributed by atoms with E-state index in [4.69, 9.17) is 5.14 Å². The monoisotopic (exact) mass is 376 g/mol. The highest BCUT2D eigenvalue weighted by molar-refractivity contribution is 9.10. The molecule has 1 aromatic rings. The van der Waals surface area contributed by atoms with Crippen LogP contribution in [0.1, 0.15) is 48.5 Å². The van der Waals surface area contributed by atoms with Gasteiger partial charge in [-0.1, -0.05) is 42.1 Å². The number of nitrogens with two attached hydrogens (primary N) is 1. The van der Waals surface area contributed by atoms with Gasteiger partial charge >= 0.3 is 0 Å². The first-order valence-corrected chi connectivity index (χ1v) is 9.22. The topological polar surface area (TPSA) is 89.3 Å². The Morgan fingerprint density at radius 2 is 1.95 bits per heavy atom. The Hall–Kier alpha value is -0.920. The van der Waals surface area contributed by atoms with Gasteiger partial charge in [-0.25, -0.2) is 13.6 Å². The molecule has 118 valence electrons. The molecule has 1 amide bonds. The number of primary sulfonamides is 1. The highest BCUT2D eigenvalue weighted by atomic mass is 79.9. The van der Waals surface area contributed by atoms with Crippen LogP contribution < -0.4 is 10.5 Å². The van der Waals surface area contributed by atoms with E-state index in [9.17, 15) is 13.2 Å². The molecule has 1 aromatic carbocycles. The molecule has 21 heavy (non-hydrogen) atoms. The Balaban J connectivity index is 2.84. The maximum Gasteiger partial charge on any atom is 0.251 e. The van der Waals surface area contributed by atoms with Crippen molar-refractivity contribution in [2.45, 2.75) is 44.4 Å². The molecule has 0 saturated carbocycles. The summed E-state index contributed by atoms with van der Waals surface area (Å²) in [6.45, 7) is 4.34. The number of hydrogen-bond acceptors (Lipinski definition) is 3. The maximum atomic E-state index is 12.1. The van der Waals surface area contributed by atoms with Crippen molar-refractivity contribution in [1.29, 1.82) is 0 Å². The highest BCUT2D eigenvalue weighted by Crippen LogP contribution is 2.25. The second-order valence-electron chi connectivity index (χ2n) is 4.94. The second-order valence-corrected chi connectivity index (χ2v) is 7.33. The van der Waals surface area contributed by atoms with E-state index < -0.39 is 10.0 Å². The van der Waals surface area contributed by atoms with Crippen LogP contribution in [0.2, 0.25) is 0 Å². The molecule has 0 bridgehead atoms. The molecule has 0 heterocycles. The minimum absolute atomic E-state index is 0.0343. The summed E-state index contributed by atoms with van der Waals surface area (Å²) in [5.41, 5.74) is 0.781. The number of unbranched alkanes of at least 4 members (excludes halogenated alkanes) is 3. The standard InChI is InChI=1S/C14H21BrN2O3S/c1-3-4-5-6-7-17-14(18)11-8-12(15)10(2)13(9-11)21(16,19)20/h8-9H,3-7H2,1-2H3,(H,17,18)(H2,16,19,20). The zero-order valence-electron chi connectivity index (χ0n) is 12.3. The number of halogens is 1. The van der Waals surface area contributed by atoms with Crippen LogP contribution in [-0.2, 0) is 10.0 Å². The van der Waals surface area contributed by atoms with Gasteiger partial charge in [-0.3, -0.25) is 4.79 Å². The average molecular weight is 377 g/mol. The SMILES string of the molecule is CCCCCCNC(=O)c1cc(Br)c(C)c(S(N)(=O)=O)c1. The molecule has 0 aromatic heterocycles. The van der Waals surface area contributed by atoms with Gasteiger partial charge in [0.15, 0.2) is 0 Å². The lowest BCUT2D eigenvalue weighted by atomic mass is 10.1. The van der Waals surface area contributed by atoms with Crippen LogP contribution >= 0.6 is 15.9 Å². The van der Waals surface area contributed by atoms with Gasteiger partial charge in [0, 0.05) is 16.6 Å².